The molecule has 0 amide bonds. The molecule has 1 N–H and O–H groups in total. The molecular weight excluding hydrogens is 404 g/mol. The fourth-order valence-corrected chi connectivity index (χ4v) is 5.31. The molecule has 0 aliphatic heterocycles. The smallest absolute Gasteiger partial charge is 0.367 e. The Morgan fingerprint density at radius 1 is 1.00 bits per heavy atom. The number of aliphatic hydroxyl groups is 1. The lowest BCUT2D eigenvalue weighted by molar-refractivity contribution is -0.259. The van der Waals surface area contributed by atoms with Gasteiger partial charge >= 0.3 is 5.97 Å². The molecule has 0 radical (unpaired) electrons. The molecule has 5 nitrogen and oxygen atoms in total. The van der Waals surface area contributed by atoms with Gasteiger partial charge in [0.1, 0.15) is 5.78 Å². The third-order valence-electron chi connectivity index (χ3n) is 7.71. The number of methoxy groups -OCH3 is 1. The number of unbranched alkanes of at least 4 members (excludes halogenated alkanes) is 2. The second kappa shape index (κ2) is 13.1. The standard InChI is InChI=1S/C27H50O5/c1-8-10-18-25(3,4)19-13-14-21-16-17-23(28)22(21)15-11-12-20-26(5,6)27(30,31-7)24(29)32-9-2/h21-22,30H,8-20H2,1-7H3/t21-,22+,27?/m0/s1. The van der Waals surface area contributed by atoms with E-state index in [1.54, 1.807) is 6.92 Å². The zero-order chi connectivity index (χ0) is 24.4. The van der Waals surface area contributed by atoms with Crippen LogP contribution in [-0.4, -0.2) is 36.4 Å². The number of carbonyl (C=O) groups is 2. The predicted octanol–water partition coefficient (Wildman–Crippen LogP) is 6.45. The molecule has 0 spiro atoms. The van der Waals surface area contributed by atoms with Crippen LogP contribution in [0, 0.1) is 22.7 Å². The first-order valence-corrected chi connectivity index (χ1v) is 12.9. The number of Topliss-reactive ketones (excluding diaryl/α,β-unsaturated/α-hetero) is 1. The van der Waals surface area contributed by atoms with Crippen molar-refractivity contribution < 1.29 is 24.2 Å². The van der Waals surface area contributed by atoms with Gasteiger partial charge in [-0.25, -0.2) is 4.79 Å². The molecule has 1 aliphatic rings. The first-order valence-electron chi connectivity index (χ1n) is 12.9. The Labute approximate surface area is 197 Å². The summed E-state index contributed by atoms with van der Waals surface area (Å²) in [5, 5.41) is 10.8. The van der Waals surface area contributed by atoms with Gasteiger partial charge in [-0.15, -0.1) is 0 Å². The summed E-state index contributed by atoms with van der Waals surface area (Å²) in [6.07, 6.45) is 12.5. The van der Waals surface area contributed by atoms with E-state index >= 15 is 0 Å². The van der Waals surface area contributed by atoms with Gasteiger partial charge in [-0.05, 0) is 56.8 Å². The van der Waals surface area contributed by atoms with Crippen LogP contribution in [-0.2, 0) is 19.1 Å². The van der Waals surface area contributed by atoms with E-state index in [-0.39, 0.29) is 12.5 Å². The second-order valence-electron chi connectivity index (χ2n) is 11.2. The molecule has 1 unspecified atom stereocenters. The lowest BCUT2D eigenvalue weighted by Crippen LogP contribution is -2.53. The molecule has 188 valence electrons. The van der Waals surface area contributed by atoms with Crippen molar-refractivity contribution in [3.8, 4) is 0 Å². The minimum Gasteiger partial charge on any atom is -0.462 e. The Bertz CT molecular complexity index is 583. The Kier molecular flexibility index (Phi) is 11.9. The largest absolute Gasteiger partial charge is 0.462 e. The average molecular weight is 455 g/mol. The van der Waals surface area contributed by atoms with Gasteiger partial charge in [0.15, 0.2) is 0 Å². The topological polar surface area (TPSA) is 72.8 Å². The van der Waals surface area contributed by atoms with Gasteiger partial charge in [0, 0.05) is 24.9 Å². The molecule has 0 heterocycles. The van der Waals surface area contributed by atoms with E-state index in [4.69, 9.17) is 9.47 Å². The van der Waals surface area contributed by atoms with E-state index in [0.717, 1.165) is 38.5 Å². The highest BCUT2D eigenvalue weighted by molar-refractivity contribution is 5.83. The molecule has 1 saturated carbocycles. The van der Waals surface area contributed by atoms with Crippen molar-refractivity contribution in [2.75, 3.05) is 13.7 Å². The van der Waals surface area contributed by atoms with Crippen LogP contribution < -0.4 is 0 Å². The highest BCUT2D eigenvalue weighted by atomic mass is 16.7. The molecule has 5 heteroatoms. The molecule has 1 fully saturated rings. The van der Waals surface area contributed by atoms with Gasteiger partial charge in [0.25, 0.3) is 5.79 Å². The van der Waals surface area contributed by atoms with E-state index < -0.39 is 17.2 Å². The summed E-state index contributed by atoms with van der Waals surface area (Å²) >= 11 is 0. The zero-order valence-electron chi connectivity index (χ0n) is 21.9. The quantitative estimate of drug-likeness (QED) is 0.165. The van der Waals surface area contributed by atoms with Gasteiger partial charge in [0.05, 0.1) is 6.61 Å². The number of esters is 1. The summed E-state index contributed by atoms with van der Waals surface area (Å²) in [7, 11) is 1.34. The third kappa shape index (κ3) is 8.13. The van der Waals surface area contributed by atoms with Gasteiger partial charge in [-0.2, -0.15) is 0 Å². The Morgan fingerprint density at radius 3 is 2.25 bits per heavy atom. The molecule has 0 aromatic rings. The number of rotatable bonds is 16. The minimum absolute atomic E-state index is 0.184. The van der Waals surface area contributed by atoms with Gasteiger partial charge in [-0.3, -0.25) is 4.79 Å². The van der Waals surface area contributed by atoms with Crippen molar-refractivity contribution in [1.82, 2.24) is 0 Å². The Hall–Kier alpha value is -0.940. The zero-order valence-corrected chi connectivity index (χ0v) is 21.9. The minimum atomic E-state index is -1.96. The maximum atomic E-state index is 12.5. The highest BCUT2D eigenvalue weighted by Crippen LogP contribution is 2.40. The lowest BCUT2D eigenvalue weighted by atomic mass is 9.77. The monoisotopic (exact) mass is 454 g/mol. The summed E-state index contributed by atoms with van der Waals surface area (Å²) in [5.41, 5.74) is -0.381. The van der Waals surface area contributed by atoms with E-state index in [0.29, 0.717) is 23.5 Å². The second-order valence-corrected chi connectivity index (χ2v) is 11.2. The van der Waals surface area contributed by atoms with Gasteiger partial charge < -0.3 is 14.6 Å². The first kappa shape index (κ1) is 29.1. The molecule has 32 heavy (non-hydrogen) atoms. The van der Waals surface area contributed by atoms with Crippen LogP contribution in [0.4, 0.5) is 0 Å². The van der Waals surface area contributed by atoms with Gasteiger partial charge in [0.2, 0.25) is 0 Å². The van der Waals surface area contributed by atoms with Gasteiger partial charge in [-0.1, -0.05) is 66.7 Å². The van der Waals surface area contributed by atoms with Crippen LogP contribution in [0.15, 0.2) is 0 Å². The molecule has 0 aromatic heterocycles. The Morgan fingerprint density at radius 2 is 1.66 bits per heavy atom. The van der Waals surface area contributed by atoms with Crippen molar-refractivity contribution in [3.63, 3.8) is 0 Å². The van der Waals surface area contributed by atoms with Crippen LogP contribution in [0.1, 0.15) is 119 Å². The number of ether oxygens (including phenoxy) is 2. The van der Waals surface area contributed by atoms with Crippen molar-refractivity contribution in [3.05, 3.63) is 0 Å². The molecule has 1 rings (SSSR count). The number of ketones is 1. The number of hydrogen-bond acceptors (Lipinski definition) is 5. The Balaban J connectivity index is 2.52. The van der Waals surface area contributed by atoms with Crippen LogP contribution in [0.2, 0.25) is 0 Å². The van der Waals surface area contributed by atoms with Crippen LogP contribution in [0.5, 0.6) is 0 Å². The van der Waals surface area contributed by atoms with E-state index in [9.17, 15) is 14.7 Å². The third-order valence-corrected chi connectivity index (χ3v) is 7.71. The summed E-state index contributed by atoms with van der Waals surface area (Å²) < 4.78 is 10.2. The molecule has 0 aromatic carbocycles. The predicted molar refractivity (Wildman–Crippen MR) is 129 cm³/mol. The molecule has 0 saturated heterocycles. The summed E-state index contributed by atoms with van der Waals surface area (Å²) in [4.78, 5) is 24.8. The van der Waals surface area contributed by atoms with Crippen molar-refractivity contribution in [1.29, 1.82) is 0 Å². The maximum Gasteiger partial charge on any atom is 0.367 e. The van der Waals surface area contributed by atoms with Crippen molar-refractivity contribution in [2.24, 2.45) is 22.7 Å². The van der Waals surface area contributed by atoms with E-state index in [2.05, 4.69) is 20.8 Å². The SMILES string of the molecule is CCCCC(C)(C)CCC[C@H]1CCC(=O)[C@@H]1CCCCC(C)(C)C(O)(OC)C(=O)OCC. The number of hydrogen-bond donors (Lipinski definition) is 1. The lowest BCUT2D eigenvalue weighted by Gasteiger charge is -2.39. The molecular formula is C27H50O5. The molecule has 0 bridgehead atoms. The average Bonchev–Trinajstić information content (AvgIpc) is 3.08. The van der Waals surface area contributed by atoms with Crippen LogP contribution >= 0.6 is 0 Å². The fraction of sp³-hybridized carbons (Fsp3) is 0.926. The van der Waals surface area contributed by atoms with Crippen molar-refractivity contribution in [2.45, 2.75) is 124 Å². The van der Waals surface area contributed by atoms with Crippen LogP contribution in [0.25, 0.3) is 0 Å². The van der Waals surface area contributed by atoms with E-state index in [1.807, 2.05) is 13.8 Å². The fourth-order valence-electron chi connectivity index (χ4n) is 5.31. The highest BCUT2D eigenvalue weighted by Gasteiger charge is 2.51. The first-order chi connectivity index (χ1) is 14.9. The molecule has 1 aliphatic carbocycles. The van der Waals surface area contributed by atoms with Crippen molar-refractivity contribution >= 4 is 11.8 Å². The summed E-state index contributed by atoms with van der Waals surface area (Å²) in [6, 6.07) is 0. The summed E-state index contributed by atoms with van der Waals surface area (Å²) in [6.45, 7) is 12.6. The number of carbonyl (C=O) groups excluding carboxylic acids is 2. The normalized spacial score (nSPS) is 21.6. The maximum absolute atomic E-state index is 12.5. The van der Waals surface area contributed by atoms with Crippen LogP contribution in [0.3, 0.4) is 0 Å². The van der Waals surface area contributed by atoms with E-state index in [1.165, 1.54) is 39.2 Å². The molecule has 3 atom stereocenters. The summed E-state index contributed by atoms with van der Waals surface area (Å²) in [5.74, 6) is -1.56.